The molecule has 0 fully saturated rings. The summed E-state index contributed by atoms with van der Waals surface area (Å²) in [4.78, 5) is 24.0. The lowest BCUT2D eigenvalue weighted by Crippen LogP contribution is -2.44. The van der Waals surface area contributed by atoms with E-state index in [0.29, 0.717) is 18.5 Å². The fourth-order valence-electron chi connectivity index (χ4n) is 3.33. The van der Waals surface area contributed by atoms with E-state index in [9.17, 15) is 19.1 Å². The molecule has 7 heteroatoms. The van der Waals surface area contributed by atoms with Crippen LogP contribution in [0.2, 0.25) is 0 Å². The second kappa shape index (κ2) is 6.90. The van der Waals surface area contributed by atoms with Crippen molar-refractivity contribution >= 4 is 11.9 Å². The van der Waals surface area contributed by atoms with Crippen LogP contribution >= 0.6 is 0 Å². The number of nitrogens with one attached hydrogen (secondary N) is 1. The summed E-state index contributed by atoms with van der Waals surface area (Å²) in [6, 6.07) is 3.87. The molecule has 0 spiro atoms. The van der Waals surface area contributed by atoms with Gasteiger partial charge < -0.3 is 10.4 Å². The molecule has 1 atom stereocenters. The normalized spacial score (nSPS) is 14.3. The maximum Gasteiger partial charge on any atom is 0.326 e. The van der Waals surface area contributed by atoms with Crippen LogP contribution in [0.1, 0.15) is 47.6 Å². The lowest BCUT2D eigenvalue weighted by Gasteiger charge is -2.17. The Kier molecular flexibility index (Phi) is 4.80. The van der Waals surface area contributed by atoms with Crippen molar-refractivity contribution in [2.45, 2.75) is 46.1 Å². The number of amides is 1. The van der Waals surface area contributed by atoms with Gasteiger partial charge in [-0.1, -0.05) is 19.9 Å². The highest BCUT2D eigenvalue weighted by molar-refractivity contribution is 5.96. The van der Waals surface area contributed by atoms with Gasteiger partial charge in [0, 0.05) is 11.3 Å². The predicted molar refractivity (Wildman–Crippen MR) is 94.0 cm³/mol. The maximum absolute atomic E-state index is 14.4. The lowest BCUT2D eigenvalue weighted by atomic mass is 10.0. The van der Waals surface area contributed by atoms with Crippen molar-refractivity contribution in [1.29, 1.82) is 0 Å². The molecule has 2 N–H and O–H groups in total. The highest BCUT2D eigenvalue weighted by atomic mass is 19.1. The molecule has 2 aromatic rings. The van der Waals surface area contributed by atoms with Gasteiger partial charge in [-0.25, -0.2) is 13.9 Å². The third-order valence-electron chi connectivity index (χ3n) is 4.70. The minimum absolute atomic E-state index is 0.185. The quantitative estimate of drug-likeness (QED) is 0.860. The third-order valence-corrected chi connectivity index (χ3v) is 4.70. The average molecular weight is 359 g/mol. The number of carboxylic acid groups (broad SMARTS) is 1. The summed E-state index contributed by atoms with van der Waals surface area (Å²) >= 11 is 0. The van der Waals surface area contributed by atoms with Gasteiger partial charge in [0.05, 0.1) is 0 Å². The molecule has 0 aliphatic heterocycles. The zero-order valence-electron chi connectivity index (χ0n) is 15.0. The molecule has 1 aromatic carbocycles. The van der Waals surface area contributed by atoms with Crippen molar-refractivity contribution in [3.63, 3.8) is 0 Å². The highest BCUT2D eigenvalue weighted by Crippen LogP contribution is 2.29. The molecule has 0 radical (unpaired) electrons. The van der Waals surface area contributed by atoms with E-state index in [1.165, 1.54) is 10.7 Å². The van der Waals surface area contributed by atoms with Crippen molar-refractivity contribution in [3.8, 4) is 5.69 Å². The monoisotopic (exact) mass is 359 g/mol. The Balaban J connectivity index is 2.00. The van der Waals surface area contributed by atoms with Crippen LogP contribution in [-0.4, -0.2) is 32.8 Å². The van der Waals surface area contributed by atoms with Crippen LogP contribution < -0.4 is 5.32 Å². The lowest BCUT2D eigenvalue weighted by molar-refractivity contribution is -0.140. The number of nitrogens with zero attached hydrogens (tertiary/aromatic N) is 2. The molecule has 1 aromatic heterocycles. The van der Waals surface area contributed by atoms with Crippen LogP contribution in [0.3, 0.4) is 0 Å². The summed E-state index contributed by atoms with van der Waals surface area (Å²) in [6.45, 7) is 5.25. The van der Waals surface area contributed by atoms with Crippen LogP contribution in [0, 0.1) is 18.7 Å². The first kappa shape index (κ1) is 18.1. The summed E-state index contributed by atoms with van der Waals surface area (Å²) in [5.41, 5.74) is 2.87. The van der Waals surface area contributed by atoms with E-state index in [1.807, 2.05) is 0 Å². The topological polar surface area (TPSA) is 84.2 Å². The van der Waals surface area contributed by atoms with Gasteiger partial charge in [0.25, 0.3) is 5.91 Å². The molecule has 26 heavy (non-hydrogen) atoms. The molecule has 138 valence electrons. The Bertz CT molecular complexity index is 873. The molecule has 0 saturated carbocycles. The van der Waals surface area contributed by atoms with Gasteiger partial charge in [-0.05, 0) is 49.8 Å². The molecule has 1 aliphatic rings. The molecule has 0 bridgehead atoms. The van der Waals surface area contributed by atoms with E-state index < -0.39 is 23.7 Å². The van der Waals surface area contributed by atoms with Crippen molar-refractivity contribution in [2.75, 3.05) is 0 Å². The summed E-state index contributed by atoms with van der Waals surface area (Å²) in [5.74, 6) is -2.29. The number of aryl methyl sites for hydroxylation is 1. The molecule has 0 saturated heterocycles. The first-order valence-electron chi connectivity index (χ1n) is 8.70. The van der Waals surface area contributed by atoms with Crippen LogP contribution in [0.15, 0.2) is 18.2 Å². The van der Waals surface area contributed by atoms with E-state index >= 15 is 0 Å². The van der Waals surface area contributed by atoms with Crippen molar-refractivity contribution in [3.05, 3.63) is 46.5 Å². The summed E-state index contributed by atoms with van der Waals surface area (Å²) in [7, 11) is 0. The molecule has 1 aliphatic carbocycles. The number of carboxylic acids is 1. The Morgan fingerprint density at radius 1 is 1.31 bits per heavy atom. The van der Waals surface area contributed by atoms with Gasteiger partial charge in [0.15, 0.2) is 5.69 Å². The first-order chi connectivity index (χ1) is 12.3. The van der Waals surface area contributed by atoms with Crippen LogP contribution in [0.4, 0.5) is 4.39 Å². The zero-order valence-corrected chi connectivity index (χ0v) is 15.0. The molecule has 3 rings (SSSR count). The minimum atomic E-state index is -1.09. The smallest absolute Gasteiger partial charge is 0.326 e. The Hall–Kier alpha value is -2.70. The third kappa shape index (κ3) is 3.21. The second-order valence-electron chi connectivity index (χ2n) is 7.03. The maximum atomic E-state index is 14.4. The summed E-state index contributed by atoms with van der Waals surface area (Å²) < 4.78 is 15.9. The van der Waals surface area contributed by atoms with Crippen molar-refractivity contribution in [1.82, 2.24) is 15.1 Å². The van der Waals surface area contributed by atoms with Gasteiger partial charge in [-0.3, -0.25) is 4.79 Å². The van der Waals surface area contributed by atoms with E-state index in [2.05, 4.69) is 10.4 Å². The fraction of sp³-hybridized carbons (Fsp3) is 0.421. The van der Waals surface area contributed by atoms with Crippen LogP contribution in [0.25, 0.3) is 5.69 Å². The highest BCUT2D eigenvalue weighted by Gasteiger charge is 2.31. The van der Waals surface area contributed by atoms with Gasteiger partial charge in [0.2, 0.25) is 0 Å². The SMILES string of the molecule is Cc1ccc(-n2nc(C(=O)N[C@@H](C(=O)O)C(C)C)c3c2CCC3)c(F)c1. The number of hydrogen-bond donors (Lipinski definition) is 2. The molecular weight excluding hydrogens is 337 g/mol. The van der Waals surface area contributed by atoms with Gasteiger partial charge in [-0.2, -0.15) is 5.10 Å². The number of carbonyl (C=O) groups is 2. The van der Waals surface area contributed by atoms with E-state index in [1.54, 1.807) is 32.9 Å². The average Bonchev–Trinajstić information content (AvgIpc) is 3.14. The Morgan fingerprint density at radius 3 is 2.65 bits per heavy atom. The largest absolute Gasteiger partial charge is 0.480 e. The number of fused-ring (bicyclic) bond motifs is 1. The molecule has 0 unspecified atom stereocenters. The van der Waals surface area contributed by atoms with Crippen molar-refractivity contribution in [2.24, 2.45) is 5.92 Å². The van der Waals surface area contributed by atoms with E-state index in [4.69, 9.17) is 0 Å². The van der Waals surface area contributed by atoms with E-state index in [0.717, 1.165) is 23.2 Å². The standard InChI is InChI=1S/C19H22FN3O3/c1-10(2)16(19(25)26)21-18(24)17-12-5-4-6-14(12)23(22-17)15-8-7-11(3)9-13(15)20/h7-10,16H,4-6H2,1-3H3,(H,21,24)(H,25,26)/t16-/m1/s1. The Labute approximate surface area is 151 Å². The zero-order chi connectivity index (χ0) is 19.0. The van der Waals surface area contributed by atoms with Crippen molar-refractivity contribution < 1.29 is 19.1 Å². The van der Waals surface area contributed by atoms with Gasteiger partial charge >= 0.3 is 5.97 Å². The molecule has 1 heterocycles. The second-order valence-corrected chi connectivity index (χ2v) is 7.03. The number of benzene rings is 1. The number of halogens is 1. The number of aromatic nitrogens is 2. The van der Waals surface area contributed by atoms with Gasteiger partial charge in [-0.15, -0.1) is 0 Å². The number of rotatable bonds is 5. The fourth-order valence-corrected chi connectivity index (χ4v) is 3.33. The summed E-state index contributed by atoms with van der Waals surface area (Å²) in [5, 5.41) is 16.2. The summed E-state index contributed by atoms with van der Waals surface area (Å²) in [6.07, 6.45) is 2.23. The predicted octanol–water partition coefficient (Wildman–Crippen LogP) is 2.65. The molecular formula is C19H22FN3O3. The molecule has 6 nitrogen and oxygen atoms in total. The number of hydrogen-bond acceptors (Lipinski definition) is 3. The number of aliphatic carboxylic acids is 1. The first-order valence-corrected chi connectivity index (χ1v) is 8.70. The molecule has 1 amide bonds. The van der Waals surface area contributed by atoms with Gasteiger partial charge in [0.1, 0.15) is 17.5 Å². The Morgan fingerprint density at radius 2 is 2.04 bits per heavy atom. The van der Waals surface area contributed by atoms with Crippen LogP contribution in [0.5, 0.6) is 0 Å². The number of carbonyl (C=O) groups excluding carboxylic acids is 1. The minimum Gasteiger partial charge on any atom is -0.480 e. The van der Waals surface area contributed by atoms with Crippen LogP contribution in [-0.2, 0) is 17.6 Å². The van der Waals surface area contributed by atoms with E-state index in [-0.39, 0.29) is 11.6 Å².